The number of carbonyl (C=O) groups excluding carboxylic acids is 2. The first-order valence-electron chi connectivity index (χ1n) is 7.94. The molecule has 0 saturated carbocycles. The molecule has 1 aromatic carbocycles. The van der Waals surface area contributed by atoms with Crippen LogP contribution >= 0.6 is 0 Å². The molecule has 1 aliphatic heterocycles. The minimum Gasteiger partial charge on any atom is -0.382 e. The lowest BCUT2D eigenvalue weighted by Crippen LogP contribution is -2.55. The fourth-order valence-corrected chi connectivity index (χ4v) is 2.81. The van der Waals surface area contributed by atoms with Crippen molar-refractivity contribution in [3.63, 3.8) is 0 Å². The van der Waals surface area contributed by atoms with Crippen LogP contribution in [0, 0.1) is 5.82 Å². The molecule has 23 heavy (non-hydrogen) atoms. The van der Waals surface area contributed by atoms with Gasteiger partial charge in [-0.25, -0.2) is 4.39 Å². The number of hydrogen-bond donors (Lipinski definition) is 1. The molecule has 126 valence electrons. The smallest absolute Gasteiger partial charge is 0.246 e. The fourth-order valence-electron chi connectivity index (χ4n) is 2.81. The number of halogens is 1. The molecular weight excluding hydrogens is 299 g/mol. The summed E-state index contributed by atoms with van der Waals surface area (Å²) in [6.45, 7) is 5.27. The van der Waals surface area contributed by atoms with E-state index in [9.17, 15) is 14.0 Å². The van der Waals surface area contributed by atoms with E-state index in [4.69, 9.17) is 4.74 Å². The molecule has 2 amide bonds. The second kappa shape index (κ2) is 7.55. The van der Waals surface area contributed by atoms with Crippen molar-refractivity contribution in [3.05, 3.63) is 30.1 Å². The maximum atomic E-state index is 14.1. The molecule has 0 spiro atoms. The molecule has 0 bridgehead atoms. The number of benzene rings is 1. The third-order valence-corrected chi connectivity index (χ3v) is 4.11. The van der Waals surface area contributed by atoms with E-state index >= 15 is 0 Å². The molecule has 1 fully saturated rings. The minimum atomic E-state index is -1.06. The molecule has 1 aliphatic rings. The van der Waals surface area contributed by atoms with Gasteiger partial charge in [-0.3, -0.25) is 14.5 Å². The highest BCUT2D eigenvalue weighted by molar-refractivity contribution is 6.06. The second-order valence-corrected chi connectivity index (χ2v) is 5.76. The van der Waals surface area contributed by atoms with Gasteiger partial charge in [-0.15, -0.1) is 0 Å². The summed E-state index contributed by atoms with van der Waals surface area (Å²) in [4.78, 5) is 26.1. The Morgan fingerprint density at radius 2 is 2.17 bits per heavy atom. The average Bonchev–Trinajstić information content (AvgIpc) is 2.84. The largest absolute Gasteiger partial charge is 0.382 e. The highest BCUT2D eigenvalue weighted by atomic mass is 19.1. The van der Waals surface area contributed by atoms with Gasteiger partial charge in [0.25, 0.3) is 0 Å². The van der Waals surface area contributed by atoms with Crippen molar-refractivity contribution in [1.29, 1.82) is 0 Å². The Balaban J connectivity index is 2.10. The highest BCUT2D eigenvalue weighted by Crippen LogP contribution is 2.36. The molecule has 1 atom stereocenters. The Hall–Kier alpha value is -1.95. The van der Waals surface area contributed by atoms with Crippen LogP contribution in [0.3, 0.4) is 0 Å². The first-order valence-corrected chi connectivity index (χ1v) is 7.94. The Bertz CT molecular complexity index is 579. The Morgan fingerprint density at radius 3 is 2.87 bits per heavy atom. The number of para-hydroxylation sites is 1. The van der Waals surface area contributed by atoms with Crippen molar-refractivity contribution in [3.8, 4) is 0 Å². The molecule has 6 heteroatoms. The van der Waals surface area contributed by atoms with Crippen LogP contribution in [0.15, 0.2) is 24.3 Å². The monoisotopic (exact) mass is 322 g/mol. The molecule has 0 radical (unpaired) electrons. The Labute approximate surface area is 135 Å². The number of rotatable bonds is 7. The van der Waals surface area contributed by atoms with Gasteiger partial charge in [0.1, 0.15) is 11.4 Å². The summed E-state index contributed by atoms with van der Waals surface area (Å²) in [5.74, 6) is -0.997. The van der Waals surface area contributed by atoms with Gasteiger partial charge in [0.2, 0.25) is 11.8 Å². The SMILES string of the molecule is CCOCCCNC(=O)[C@@]1(C)CCC(=O)N1c1ccccc1F. The Morgan fingerprint density at radius 1 is 1.43 bits per heavy atom. The van der Waals surface area contributed by atoms with Crippen LogP contribution in [0.25, 0.3) is 0 Å². The summed E-state index contributed by atoms with van der Waals surface area (Å²) in [6, 6.07) is 6.04. The zero-order chi connectivity index (χ0) is 16.9. The van der Waals surface area contributed by atoms with E-state index in [-0.39, 0.29) is 23.9 Å². The molecule has 1 saturated heterocycles. The second-order valence-electron chi connectivity index (χ2n) is 5.76. The molecule has 0 aromatic heterocycles. The van der Waals surface area contributed by atoms with E-state index in [2.05, 4.69) is 5.32 Å². The topological polar surface area (TPSA) is 58.6 Å². The molecule has 5 nitrogen and oxygen atoms in total. The third kappa shape index (κ3) is 3.69. The maximum Gasteiger partial charge on any atom is 0.246 e. The normalized spacial score (nSPS) is 20.8. The number of nitrogens with one attached hydrogen (secondary N) is 1. The van der Waals surface area contributed by atoms with Gasteiger partial charge >= 0.3 is 0 Å². The maximum absolute atomic E-state index is 14.1. The van der Waals surface area contributed by atoms with Gasteiger partial charge in [0.05, 0.1) is 5.69 Å². The summed E-state index contributed by atoms with van der Waals surface area (Å²) >= 11 is 0. The van der Waals surface area contributed by atoms with Crippen LogP contribution in [0.4, 0.5) is 10.1 Å². The quantitative estimate of drug-likeness (QED) is 0.783. The summed E-state index contributed by atoms with van der Waals surface area (Å²) in [6.07, 6.45) is 1.30. The van der Waals surface area contributed by atoms with Gasteiger partial charge in [-0.1, -0.05) is 12.1 Å². The standard InChI is InChI=1S/C17H23FN2O3/c1-3-23-12-6-11-19-16(22)17(2)10-9-15(21)20(17)14-8-5-4-7-13(14)18/h4-5,7-8H,3,6,9-12H2,1-2H3,(H,19,22)/t17-/m1/s1. The van der Waals surface area contributed by atoms with Crippen LogP contribution in [0.5, 0.6) is 0 Å². The predicted octanol–water partition coefficient (Wildman–Crippen LogP) is 2.25. The van der Waals surface area contributed by atoms with Crippen LogP contribution in [0.2, 0.25) is 0 Å². The highest BCUT2D eigenvalue weighted by Gasteiger charge is 2.48. The first kappa shape index (κ1) is 17.4. The average molecular weight is 322 g/mol. The molecule has 1 heterocycles. The van der Waals surface area contributed by atoms with Crippen molar-refractivity contribution < 1.29 is 18.7 Å². The summed E-state index contributed by atoms with van der Waals surface area (Å²) < 4.78 is 19.3. The van der Waals surface area contributed by atoms with Gasteiger partial charge in [-0.05, 0) is 38.8 Å². The van der Waals surface area contributed by atoms with Crippen LogP contribution in [0.1, 0.15) is 33.1 Å². The Kier molecular flexibility index (Phi) is 5.71. The number of hydrogen-bond acceptors (Lipinski definition) is 3. The summed E-state index contributed by atoms with van der Waals surface area (Å²) in [5, 5.41) is 2.83. The number of anilines is 1. The molecule has 2 rings (SSSR count). The zero-order valence-electron chi connectivity index (χ0n) is 13.6. The van der Waals surface area contributed by atoms with Crippen molar-refractivity contribution in [2.24, 2.45) is 0 Å². The van der Waals surface area contributed by atoms with Gasteiger partial charge in [0.15, 0.2) is 0 Å². The van der Waals surface area contributed by atoms with E-state index < -0.39 is 11.4 Å². The lowest BCUT2D eigenvalue weighted by molar-refractivity contribution is -0.127. The number of carbonyl (C=O) groups is 2. The minimum absolute atomic E-state index is 0.155. The van der Waals surface area contributed by atoms with Crippen LogP contribution < -0.4 is 10.2 Å². The molecule has 1 aromatic rings. The number of amides is 2. The van der Waals surface area contributed by atoms with E-state index in [0.717, 1.165) is 0 Å². The summed E-state index contributed by atoms with van der Waals surface area (Å²) in [7, 11) is 0. The van der Waals surface area contributed by atoms with E-state index in [1.165, 1.54) is 17.0 Å². The fraction of sp³-hybridized carbons (Fsp3) is 0.529. The lowest BCUT2D eigenvalue weighted by atomic mass is 9.97. The molecule has 1 N–H and O–H groups in total. The molecule has 0 unspecified atom stereocenters. The molecule has 0 aliphatic carbocycles. The van der Waals surface area contributed by atoms with E-state index in [1.54, 1.807) is 19.1 Å². The number of nitrogens with zero attached hydrogens (tertiary/aromatic N) is 1. The van der Waals surface area contributed by atoms with Gasteiger partial charge in [0, 0.05) is 26.2 Å². The van der Waals surface area contributed by atoms with Crippen molar-refractivity contribution in [1.82, 2.24) is 5.32 Å². The van der Waals surface area contributed by atoms with Crippen LogP contribution in [-0.2, 0) is 14.3 Å². The predicted molar refractivity (Wildman–Crippen MR) is 85.6 cm³/mol. The lowest BCUT2D eigenvalue weighted by Gasteiger charge is -2.34. The van der Waals surface area contributed by atoms with E-state index in [1.807, 2.05) is 6.92 Å². The zero-order valence-corrected chi connectivity index (χ0v) is 13.6. The first-order chi connectivity index (χ1) is 11.0. The van der Waals surface area contributed by atoms with Crippen LogP contribution in [-0.4, -0.2) is 37.1 Å². The van der Waals surface area contributed by atoms with Gasteiger partial charge in [-0.2, -0.15) is 0 Å². The summed E-state index contributed by atoms with van der Waals surface area (Å²) in [5.41, 5.74) is -0.910. The van der Waals surface area contributed by atoms with Crippen molar-refractivity contribution in [2.75, 3.05) is 24.7 Å². The van der Waals surface area contributed by atoms with Crippen molar-refractivity contribution in [2.45, 2.75) is 38.6 Å². The number of ether oxygens (including phenoxy) is 1. The molecular formula is C17H23FN2O3. The third-order valence-electron chi connectivity index (χ3n) is 4.11. The van der Waals surface area contributed by atoms with Crippen molar-refractivity contribution >= 4 is 17.5 Å². The van der Waals surface area contributed by atoms with Gasteiger partial charge < -0.3 is 10.1 Å². The van der Waals surface area contributed by atoms with E-state index in [0.29, 0.717) is 32.6 Å².